The maximum atomic E-state index is 12.2. The molecule has 2 aromatic carbocycles. The van der Waals surface area contributed by atoms with Crippen molar-refractivity contribution in [3.05, 3.63) is 71.3 Å². The summed E-state index contributed by atoms with van der Waals surface area (Å²) in [5.74, 6) is -0.172. The lowest BCUT2D eigenvalue weighted by atomic mass is 9.94. The largest absolute Gasteiger partial charge is 0.274 e. The Morgan fingerprint density at radius 2 is 1.43 bits per heavy atom. The zero-order valence-corrected chi connectivity index (χ0v) is 12.0. The molecule has 1 atom stereocenters. The third kappa shape index (κ3) is 2.47. The van der Waals surface area contributed by atoms with Gasteiger partial charge in [-0.15, -0.1) is 0 Å². The van der Waals surface area contributed by atoms with Crippen molar-refractivity contribution >= 4 is 11.8 Å². The number of carbonyl (C=O) groups is 2. The minimum Gasteiger partial charge on any atom is -0.274 e. The predicted molar refractivity (Wildman–Crippen MR) is 80.6 cm³/mol. The van der Waals surface area contributed by atoms with Gasteiger partial charge in [0.15, 0.2) is 0 Å². The molecule has 3 rings (SSSR count). The van der Waals surface area contributed by atoms with Crippen molar-refractivity contribution in [3.63, 3.8) is 0 Å². The highest BCUT2D eigenvalue weighted by atomic mass is 16.2. The lowest BCUT2D eigenvalue weighted by Crippen LogP contribution is -2.34. The molecule has 21 heavy (non-hydrogen) atoms. The maximum absolute atomic E-state index is 12.2. The Kier molecular flexibility index (Phi) is 3.57. The summed E-state index contributed by atoms with van der Waals surface area (Å²) < 4.78 is 0. The summed E-state index contributed by atoms with van der Waals surface area (Å²) in [5.41, 5.74) is 3.06. The highest BCUT2D eigenvalue weighted by molar-refractivity contribution is 6.02. The molecule has 106 valence electrons. The van der Waals surface area contributed by atoms with Crippen LogP contribution in [0.4, 0.5) is 0 Å². The molecule has 2 aromatic rings. The van der Waals surface area contributed by atoms with Crippen LogP contribution in [0.5, 0.6) is 0 Å². The van der Waals surface area contributed by atoms with Gasteiger partial charge in [0.05, 0.1) is 6.04 Å². The second-order valence-electron chi connectivity index (χ2n) is 5.33. The molecule has 0 bridgehead atoms. The molecular weight excluding hydrogens is 262 g/mol. The van der Waals surface area contributed by atoms with E-state index in [0.29, 0.717) is 12.8 Å². The maximum Gasteiger partial charge on any atom is 0.230 e. The number of likely N-dealkylation sites (tertiary alicyclic amines) is 1. The SMILES string of the molecule is Cc1ccccc1C(c1ccccc1)N1C(=O)CCC1=O. The Labute approximate surface area is 124 Å². The van der Waals surface area contributed by atoms with Crippen LogP contribution in [0.2, 0.25) is 0 Å². The zero-order valence-electron chi connectivity index (χ0n) is 12.0. The van der Waals surface area contributed by atoms with Gasteiger partial charge in [-0.25, -0.2) is 0 Å². The van der Waals surface area contributed by atoms with Gasteiger partial charge in [0.25, 0.3) is 0 Å². The van der Waals surface area contributed by atoms with Crippen LogP contribution in [0, 0.1) is 6.92 Å². The lowest BCUT2D eigenvalue weighted by Gasteiger charge is -2.28. The summed E-state index contributed by atoms with van der Waals surface area (Å²) >= 11 is 0. The number of benzene rings is 2. The first-order valence-electron chi connectivity index (χ1n) is 7.14. The second kappa shape index (κ2) is 5.52. The third-order valence-corrected chi connectivity index (χ3v) is 3.95. The normalized spacial score (nSPS) is 16.3. The van der Waals surface area contributed by atoms with Crippen molar-refractivity contribution in [2.45, 2.75) is 25.8 Å². The monoisotopic (exact) mass is 279 g/mol. The van der Waals surface area contributed by atoms with Crippen LogP contribution < -0.4 is 0 Å². The van der Waals surface area contributed by atoms with Gasteiger partial charge in [-0.3, -0.25) is 14.5 Å². The molecule has 2 amide bonds. The summed E-state index contributed by atoms with van der Waals surface area (Å²) in [6, 6.07) is 17.3. The van der Waals surface area contributed by atoms with Crippen molar-refractivity contribution in [1.29, 1.82) is 0 Å². The molecule has 0 saturated carbocycles. The zero-order chi connectivity index (χ0) is 14.8. The summed E-state index contributed by atoms with van der Waals surface area (Å²) in [6.45, 7) is 2.01. The van der Waals surface area contributed by atoms with E-state index in [1.54, 1.807) is 0 Å². The van der Waals surface area contributed by atoms with Gasteiger partial charge in [-0.2, -0.15) is 0 Å². The average Bonchev–Trinajstić information content (AvgIpc) is 2.83. The number of rotatable bonds is 3. The summed E-state index contributed by atoms with van der Waals surface area (Å²) in [7, 11) is 0. The molecule has 0 spiro atoms. The van der Waals surface area contributed by atoms with Crippen LogP contribution in [-0.2, 0) is 9.59 Å². The van der Waals surface area contributed by atoms with E-state index in [1.807, 2.05) is 61.5 Å². The highest BCUT2D eigenvalue weighted by Gasteiger charge is 2.37. The standard InChI is InChI=1S/C18H17NO2/c1-13-7-5-6-10-15(13)18(14-8-3-2-4-9-14)19-16(20)11-12-17(19)21/h2-10,18H,11-12H2,1H3. The molecule has 0 N–H and O–H groups in total. The number of hydrogen-bond donors (Lipinski definition) is 0. The van der Waals surface area contributed by atoms with E-state index in [4.69, 9.17) is 0 Å². The first kappa shape index (κ1) is 13.6. The van der Waals surface area contributed by atoms with Crippen LogP contribution in [0.1, 0.15) is 35.6 Å². The summed E-state index contributed by atoms with van der Waals surface area (Å²) in [6.07, 6.45) is 0.627. The average molecular weight is 279 g/mol. The Morgan fingerprint density at radius 1 is 0.857 bits per heavy atom. The number of amides is 2. The number of imide groups is 1. The van der Waals surface area contributed by atoms with Gasteiger partial charge in [-0.05, 0) is 23.6 Å². The number of nitrogens with zero attached hydrogens (tertiary/aromatic N) is 1. The molecule has 1 heterocycles. The van der Waals surface area contributed by atoms with Gasteiger partial charge in [-0.1, -0.05) is 54.6 Å². The fourth-order valence-corrected chi connectivity index (χ4v) is 2.88. The minimum absolute atomic E-state index is 0.0860. The van der Waals surface area contributed by atoms with Crippen molar-refractivity contribution in [2.24, 2.45) is 0 Å². The molecular formula is C18H17NO2. The molecule has 1 unspecified atom stereocenters. The van der Waals surface area contributed by atoms with Crippen LogP contribution in [0.3, 0.4) is 0 Å². The minimum atomic E-state index is -0.324. The summed E-state index contributed by atoms with van der Waals surface area (Å²) in [4.78, 5) is 25.8. The molecule has 1 aliphatic heterocycles. The quantitative estimate of drug-likeness (QED) is 0.809. The van der Waals surface area contributed by atoms with Gasteiger partial charge < -0.3 is 0 Å². The summed E-state index contributed by atoms with van der Waals surface area (Å²) in [5, 5.41) is 0. The molecule has 0 radical (unpaired) electrons. The molecule has 3 nitrogen and oxygen atoms in total. The van der Waals surface area contributed by atoms with E-state index in [9.17, 15) is 9.59 Å². The Balaban J connectivity index is 2.14. The smallest absolute Gasteiger partial charge is 0.230 e. The van der Waals surface area contributed by atoms with E-state index in [1.165, 1.54) is 4.90 Å². The fraction of sp³-hybridized carbons (Fsp3) is 0.222. The van der Waals surface area contributed by atoms with Gasteiger partial charge >= 0.3 is 0 Å². The molecule has 0 aromatic heterocycles. The van der Waals surface area contributed by atoms with Crippen molar-refractivity contribution in [3.8, 4) is 0 Å². The van der Waals surface area contributed by atoms with E-state index in [2.05, 4.69) is 0 Å². The number of carbonyl (C=O) groups excluding carboxylic acids is 2. The Hall–Kier alpha value is -2.42. The molecule has 1 saturated heterocycles. The van der Waals surface area contributed by atoms with Gasteiger partial charge in [0.1, 0.15) is 0 Å². The molecule has 3 heteroatoms. The van der Waals surface area contributed by atoms with Crippen molar-refractivity contribution in [1.82, 2.24) is 4.90 Å². The van der Waals surface area contributed by atoms with E-state index < -0.39 is 0 Å². The second-order valence-corrected chi connectivity index (χ2v) is 5.33. The van der Waals surface area contributed by atoms with Gasteiger partial charge in [0.2, 0.25) is 11.8 Å². The van der Waals surface area contributed by atoms with Crippen LogP contribution in [0.25, 0.3) is 0 Å². The van der Waals surface area contributed by atoms with E-state index in [0.717, 1.165) is 16.7 Å². The molecule has 1 aliphatic rings. The Morgan fingerprint density at radius 3 is 2.05 bits per heavy atom. The lowest BCUT2D eigenvalue weighted by molar-refractivity contribution is -0.140. The molecule has 0 aliphatic carbocycles. The van der Waals surface area contributed by atoms with Crippen LogP contribution in [-0.4, -0.2) is 16.7 Å². The van der Waals surface area contributed by atoms with Crippen LogP contribution >= 0.6 is 0 Å². The first-order chi connectivity index (χ1) is 10.2. The van der Waals surface area contributed by atoms with E-state index >= 15 is 0 Å². The first-order valence-corrected chi connectivity index (χ1v) is 7.14. The van der Waals surface area contributed by atoms with E-state index in [-0.39, 0.29) is 17.9 Å². The van der Waals surface area contributed by atoms with Crippen LogP contribution in [0.15, 0.2) is 54.6 Å². The third-order valence-electron chi connectivity index (χ3n) is 3.95. The fourth-order valence-electron chi connectivity index (χ4n) is 2.88. The highest BCUT2D eigenvalue weighted by Crippen LogP contribution is 2.34. The predicted octanol–water partition coefficient (Wildman–Crippen LogP) is 3.23. The van der Waals surface area contributed by atoms with Gasteiger partial charge in [0, 0.05) is 12.8 Å². The Bertz CT molecular complexity index is 663. The molecule has 1 fully saturated rings. The topological polar surface area (TPSA) is 37.4 Å². The van der Waals surface area contributed by atoms with Crippen molar-refractivity contribution < 1.29 is 9.59 Å². The number of hydrogen-bond acceptors (Lipinski definition) is 2. The number of aryl methyl sites for hydroxylation is 1. The van der Waals surface area contributed by atoms with Crippen molar-refractivity contribution in [2.75, 3.05) is 0 Å².